The Kier molecular flexibility index (Phi) is 6.59. The monoisotopic (exact) mass is 437 g/mol. The summed E-state index contributed by atoms with van der Waals surface area (Å²) in [5.41, 5.74) is 4.72. The normalized spacial score (nSPS) is 14.4. The third-order valence-electron chi connectivity index (χ3n) is 6.63. The Labute approximate surface area is 196 Å². The Morgan fingerprint density at radius 3 is 2.42 bits per heavy atom. The Morgan fingerprint density at radius 2 is 1.61 bits per heavy atom. The number of aromatic hydroxyl groups is 1. The van der Waals surface area contributed by atoms with Gasteiger partial charge in [-0.05, 0) is 89.6 Å². The molecule has 0 spiro atoms. The van der Waals surface area contributed by atoms with Crippen molar-refractivity contribution in [1.29, 1.82) is 0 Å². The largest absolute Gasteiger partial charge is 0.508 e. The van der Waals surface area contributed by atoms with Crippen LogP contribution in [0.25, 0.3) is 21.9 Å². The van der Waals surface area contributed by atoms with Gasteiger partial charge in [0.2, 0.25) is 0 Å². The van der Waals surface area contributed by atoms with E-state index in [1.807, 2.05) is 12.1 Å². The van der Waals surface area contributed by atoms with Gasteiger partial charge in [0.1, 0.15) is 18.1 Å². The molecule has 1 heterocycles. The smallest absolute Gasteiger partial charge is 0.119 e. The predicted molar refractivity (Wildman–Crippen MR) is 136 cm³/mol. The number of likely N-dealkylation sites (tertiary alicyclic amines) is 1. The number of ether oxygens (including phenoxy) is 1. The molecule has 1 N–H and O–H groups in total. The molecule has 0 saturated carbocycles. The van der Waals surface area contributed by atoms with E-state index in [1.165, 1.54) is 54.3 Å². The maximum Gasteiger partial charge on any atom is 0.119 e. The highest BCUT2D eigenvalue weighted by Gasteiger charge is 2.12. The molecule has 0 unspecified atom stereocenters. The zero-order valence-electron chi connectivity index (χ0n) is 19.0. The lowest BCUT2D eigenvalue weighted by atomic mass is 9.90. The highest BCUT2D eigenvalue weighted by molar-refractivity contribution is 5.92. The fourth-order valence-corrected chi connectivity index (χ4v) is 4.85. The van der Waals surface area contributed by atoms with Crippen molar-refractivity contribution in [3.8, 4) is 22.6 Å². The van der Waals surface area contributed by atoms with E-state index in [1.54, 1.807) is 6.07 Å². The van der Waals surface area contributed by atoms with E-state index in [0.29, 0.717) is 0 Å². The molecule has 1 fully saturated rings. The molecule has 3 heteroatoms. The molecule has 1 aliphatic heterocycles. The van der Waals surface area contributed by atoms with Crippen LogP contribution in [0.15, 0.2) is 84.9 Å². The minimum Gasteiger partial charge on any atom is -0.508 e. The van der Waals surface area contributed by atoms with E-state index in [-0.39, 0.29) is 5.75 Å². The van der Waals surface area contributed by atoms with Gasteiger partial charge >= 0.3 is 0 Å². The highest BCUT2D eigenvalue weighted by Crippen LogP contribution is 2.33. The Hall–Kier alpha value is -3.30. The quantitative estimate of drug-likeness (QED) is 0.351. The molecule has 168 valence electrons. The maximum atomic E-state index is 10.0. The second kappa shape index (κ2) is 10.1. The van der Waals surface area contributed by atoms with Gasteiger partial charge in [0.15, 0.2) is 0 Å². The molecule has 0 radical (unpaired) electrons. The number of phenolic OH excluding ortho intramolecular Hbond substituents is 1. The van der Waals surface area contributed by atoms with Crippen LogP contribution in [0, 0.1) is 0 Å². The molecule has 1 aliphatic rings. The van der Waals surface area contributed by atoms with Crippen LogP contribution in [0.2, 0.25) is 0 Å². The first-order chi connectivity index (χ1) is 16.3. The van der Waals surface area contributed by atoms with Gasteiger partial charge < -0.3 is 9.84 Å². The summed E-state index contributed by atoms with van der Waals surface area (Å²) in [5, 5.41) is 12.5. The standard InChI is InChI=1S/C30H31NO2/c32-26-9-6-8-25(22-26)29-16-13-24-7-2-3-10-28(24)30(29)21-23-11-14-27(15-12-23)33-20-19-31-17-4-1-5-18-31/h2-3,6-16,22,32H,1,4-5,17-21H2. The van der Waals surface area contributed by atoms with Crippen LogP contribution < -0.4 is 4.74 Å². The van der Waals surface area contributed by atoms with E-state index in [0.717, 1.165) is 36.4 Å². The number of nitrogens with zero attached hydrogens (tertiary/aromatic N) is 1. The Morgan fingerprint density at radius 1 is 0.788 bits per heavy atom. The lowest BCUT2D eigenvalue weighted by Crippen LogP contribution is -2.33. The van der Waals surface area contributed by atoms with Gasteiger partial charge in [-0.1, -0.05) is 67.1 Å². The zero-order chi connectivity index (χ0) is 22.5. The predicted octanol–water partition coefficient (Wildman–Crippen LogP) is 6.67. The number of hydrogen-bond acceptors (Lipinski definition) is 3. The van der Waals surface area contributed by atoms with Crippen LogP contribution >= 0.6 is 0 Å². The minimum absolute atomic E-state index is 0.290. The van der Waals surface area contributed by atoms with E-state index in [2.05, 4.69) is 71.6 Å². The van der Waals surface area contributed by atoms with E-state index >= 15 is 0 Å². The first-order valence-electron chi connectivity index (χ1n) is 12.0. The summed E-state index contributed by atoms with van der Waals surface area (Å²) in [6, 6.07) is 28.9. The molecule has 0 aromatic heterocycles. The van der Waals surface area contributed by atoms with Crippen molar-refractivity contribution in [3.05, 3.63) is 96.1 Å². The van der Waals surface area contributed by atoms with Crippen molar-refractivity contribution in [2.45, 2.75) is 25.7 Å². The fourth-order valence-electron chi connectivity index (χ4n) is 4.85. The van der Waals surface area contributed by atoms with Gasteiger partial charge in [0, 0.05) is 6.54 Å². The molecular weight excluding hydrogens is 406 g/mol. The van der Waals surface area contributed by atoms with E-state index < -0.39 is 0 Å². The van der Waals surface area contributed by atoms with Crippen molar-refractivity contribution in [2.24, 2.45) is 0 Å². The van der Waals surface area contributed by atoms with Crippen LogP contribution in [0.5, 0.6) is 11.5 Å². The molecule has 5 rings (SSSR count). The van der Waals surface area contributed by atoms with Gasteiger partial charge in [0.25, 0.3) is 0 Å². The number of hydrogen-bond donors (Lipinski definition) is 1. The van der Waals surface area contributed by atoms with Gasteiger partial charge in [-0.15, -0.1) is 0 Å². The van der Waals surface area contributed by atoms with Gasteiger partial charge in [-0.25, -0.2) is 0 Å². The lowest BCUT2D eigenvalue weighted by Gasteiger charge is -2.26. The van der Waals surface area contributed by atoms with Crippen LogP contribution in [0.4, 0.5) is 0 Å². The average molecular weight is 438 g/mol. The minimum atomic E-state index is 0.290. The van der Waals surface area contributed by atoms with Gasteiger partial charge in [-0.2, -0.15) is 0 Å². The molecule has 0 amide bonds. The average Bonchev–Trinajstić information content (AvgIpc) is 2.86. The number of fused-ring (bicyclic) bond motifs is 1. The molecule has 4 aromatic carbocycles. The third kappa shape index (κ3) is 5.20. The second-order valence-corrected chi connectivity index (χ2v) is 8.93. The molecule has 0 bridgehead atoms. The van der Waals surface area contributed by atoms with Gasteiger partial charge in [0.05, 0.1) is 0 Å². The van der Waals surface area contributed by atoms with Crippen molar-refractivity contribution >= 4 is 10.8 Å². The summed E-state index contributed by atoms with van der Waals surface area (Å²) in [6.45, 7) is 4.15. The SMILES string of the molecule is Oc1cccc(-c2ccc3ccccc3c2Cc2ccc(OCCN3CCCCC3)cc2)c1. The molecule has 4 aromatic rings. The number of benzene rings is 4. The number of phenols is 1. The molecule has 33 heavy (non-hydrogen) atoms. The van der Waals surface area contributed by atoms with Crippen molar-refractivity contribution in [3.63, 3.8) is 0 Å². The lowest BCUT2D eigenvalue weighted by molar-refractivity contribution is 0.183. The molecular formula is C30H31NO2. The summed E-state index contributed by atoms with van der Waals surface area (Å²) in [5.74, 6) is 1.22. The Bertz CT molecular complexity index is 1210. The van der Waals surface area contributed by atoms with Crippen LogP contribution in [0.1, 0.15) is 30.4 Å². The summed E-state index contributed by atoms with van der Waals surface area (Å²) in [7, 11) is 0. The number of rotatable bonds is 7. The van der Waals surface area contributed by atoms with Crippen molar-refractivity contribution < 1.29 is 9.84 Å². The van der Waals surface area contributed by atoms with Gasteiger partial charge in [-0.3, -0.25) is 4.90 Å². The summed E-state index contributed by atoms with van der Waals surface area (Å²) < 4.78 is 6.02. The summed E-state index contributed by atoms with van der Waals surface area (Å²) >= 11 is 0. The van der Waals surface area contributed by atoms with E-state index in [4.69, 9.17) is 4.74 Å². The number of piperidine rings is 1. The highest BCUT2D eigenvalue weighted by atomic mass is 16.5. The zero-order valence-corrected chi connectivity index (χ0v) is 19.0. The fraction of sp³-hybridized carbons (Fsp3) is 0.267. The van der Waals surface area contributed by atoms with E-state index in [9.17, 15) is 5.11 Å². The maximum absolute atomic E-state index is 10.0. The molecule has 3 nitrogen and oxygen atoms in total. The Balaban J connectivity index is 1.35. The topological polar surface area (TPSA) is 32.7 Å². The van der Waals surface area contributed by atoms with Crippen LogP contribution in [-0.4, -0.2) is 36.2 Å². The van der Waals surface area contributed by atoms with Crippen molar-refractivity contribution in [1.82, 2.24) is 4.90 Å². The third-order valence-corrected chi connectivity index (χ3v) is 6.63. The molecule has 0 aliphatic carbocycles. The molecule has 0 atom stereocenters. The van der Waals surface area contributed by atoms with Crippen molar-refractivity contribution in [2.75, 3.05) is 26.2 Å². The summed E-state index contributed by atoms with van der Waals surface area (Å²) in [4.78, 5) is 2.50. The van der Waals surface area contributed by atoms with Crippen LogP contribution in [0.3, 0.4) is 0 Å². The first-order valence-corrected chi connectivity index (χ1v) is 12.0. The first kappa shape index (κ1) is 21.5. The van der Waals surface area contributed by atoms with Crippen LogP contribution in [-0.2, 0) is 6.42 Å². The molecule has 1 saturated heterocycles. The second-order valence-electron chi connectivity index (χ2n) is 8.93. The summed E-state index contributed by atoms with van der Waals surface area (Å²) in [6.07, 6.45) is 4.81.